The molecule has 0 bridgehead atoms. The highest BCUT2D eigenvalue weighted by molar-refractivity contribution is 5.80. The van der Waals surface area contributed by atoms with Crippen molar-refractivity contribution in [1.82, 2.24) is 15.3 Å². The minimum Gasteiger partial charge on any atom is -0.338 e. The Bertz CT molecular complexity index is 703. The Morgan fingerprint density at radius 2 is 2.25 bits per heavy atom. The molecule has 1 aromatic heterocycles. The Morgan fingerprint density at radius 1 is 1.40 bits per heavy atom. The van der Waals surface area contributed by atoms with Crippen LogP contribution in [-0.2, 0) is 0 Å². The molecule has 0 saturated heterocycles. The van der Waals surface area contributed by atoms with E-state index in [0.717, 1.165) is 29.8 Å². The van der Waals surface area contributed by atoms with Gasteiger partial charge in [0.1, 0.15) is 5.82 Å². The number of aromatic amines is 1. The summed E-state index contributed by atoms with van der Waals surface area (Å²) >= 11 is 0. The molecule has 0 fully saturated rings. The predicted molar refractivity (Wildman–Crippen MR) is 80.0 cm³/mol. The zero-order valence-electron chi connectivity index (χ0n) is 11.8. The highest BCUT2D eigenvalue weighted by Gasteiger charge is 2.20. The zero-order chi connectivity index (χ0) is 14.1. The first kappa shape index (κ1) is 12.9. The molecule has 1 aliphatic rings. The normalized spacial score (nSPS) is 19.1. The summed E-state index contributed by atoms with van der Waals surface area (Å²) in [6.45, 7) is 5.36. The van der Waals surface area contributed by atoms with Crippen molar-refractivity contribution in [3.8, 4) is 6.07 Å². The first-order valence-electron chi connectivity index (χ1n) is 7.00. The van der Waals surface area contributed by atoms with Gasteiger partial charge in [-0.3, -0.25) is 0 Å². The third-order valence-corrected chi connectivity index (χ3v) is 3.89. The van der Waals surface area contributed by atoms with E-state index in [9.17, 15) is 0 Å². The third-order valence-electron chi connectivity index (χ3n) is 3.89. The molecule has 1 unspecified atom stereocenters. The van der Waals surface area contributed by atoms with Crippen LogP contribution in [0.5, 0.6) is 0 Å². The topological polar surface area (TPSA) is 64.5 Å². The lowest BCUT2D eigenvalue weighted by molar-refractivity contribution is 0.412. The van der Waals surface area contributed by atoms with Crippen molar-refractivity contribution >= 4 is 16.6 Å². The van der Waals surface area contributed by atoms with E-state index in [1.165, 1.54) is 5.57 Å². The summed E-state index contributed by atoms with van der Waals surface area (Å²) in [7, 11) is 0. The van der Waals surface area contributed by atoms with Gasteiger partial charge in [0.25, 0.3) is 0 Å². The van der Waals surface area contributed by atoms with Gasteiger partial charge < -0.3 is 10.3 Å². The van der Waals surface area contributed by atoms with Crippen LogP contribution < -0.4 is 5.32 Å². The number of imidazole rings is 1. The van der Waals surface area contributed by atoms with Crippen LogP contribution in [0.15, 0.2) is 24.3 Å². The third kappa shape index (κ3) is 2.33. The quantitative estimate of drug-likeness (QED) is 0.878. The molecule has 20 heavy (non-hydrogen) atoms. The minimum absolute atomic E-state index is 0.498. The fraction of sp³-hybridized carbons (Fsp3) is 0.375. The van der Waals surface area contributed by atoms with Crippen LogP contribution in [0.4, 0.5) is 0 Å². The summed E-state index contributed by atoms with van der Waals surface area (Å²) in [5.41, 5.74) is 3.76. The average molecular weight is 266 g/mol. The van der Waals surface area contributed by atoms with E-state index in [0.29, 0.717) is 17.5 Å². The second kappa shape index (κ2) is 5.10. The van der Waals surface area contributed by atoms with Crippen LogP contribution in [0.2, 0.25) is 0 Å². The van der Waals surface area contributed by atoms with Crippen molar-refractivity contribution in [3.05, 3.63) is 35.7 Å². The fourth-order valence-corrected chi connectivity index (χ4v) is 2.62. The number of hydrogen-bond acceptors (Lipinski definition) is 3. The van der Waals surface area contributed by atoms with E-state index in [1.807, 2.05) is 18.2 Å². The maximum Gasteiger partial charge on any atom is 0.134 e. The van der Waals surface area contributed by atoms with Crippen LogP contribution in [-0.4, -0.2) is 22.6 Å². The molecule has 0 radical (unpaired) electrons. The van der Waals surface area contributed by atoms with Gasteiger partial charge in [0.15, 0.2) is 0 Å². The molecule has 1 aliphatic heterocycles. The molecular weight excluding hydrogens is 248 g/mol. The van der Waals surface area contributed by atoms with Gasteiger partial charge in [0.05, 0.1) is 22.7 Å². The van der Waals surface area contributed by atoms with Crippen molar-refractivity contribution in [2.24, 2.45) is 5.92 Å². The van der Waals surface area contributed by atoms with Gasteiger partial charge in [-0.25, -0.2) is 4.98 Å². The number of benzene rings is 1. The molecule has 2 aromatic rings. The SMILES string of the molecule is CC(C)C1CC(c2nc3cc(C#N)ccc3[nH]2)=CCN1. The van der Waals surface area contributed by atoms with E-state index >= 15 is 0 Å². The molecule has 4 heteroatoms. The Kier molecular flexibility index (Phi) is 3.29. The summed E-state index contributed by atoms with van der Waals surface area (Å²) in [4.78, 5) is 8.00. The summed E-state index contributed by atoms with van der Waals surface area (Å²) < 4.78 is 0. The van der Waals surface area contributed by atoms with Crippen LogP contribution in [0.1, 0.15) is 31.7 Å². The Morgan fingerprint density at radius 3 is 3.00 bits per heavy atom. The largest absolute Gasteiger partial charge is 0.338 e. The molecule has 0 amide bonds. The molecule has 102 valence electrons. The van der Waals surface area contributed by atoms with Crippen molar-refractivity contribution in [2.75, 3.05) is 6.54 Å². The van der Waals surface area contributed by atoms with Crippen molar-refractivity contribution < 1.29 is 0 Å². The lowest BCUT2D eigenvalue weighted by atomic mass is 9.93. The lowest BCUT2D eigenvalue weighted by Crippen LogP contribution is -2.37. The number of hydrogen-bond donors (Lipinski definition) is 2. The van der Waals surface area contributed by atoms with E-state index in [4.69, 9.17) is 5.26 Å². The zero-order valence-corrected chi connectivity index (χ0v) is 11.8. The highest BCUT2D eigenvalue weighted by Crippen LogP contribution is 2.25. The molecule has 3 rings (SSSR count). The van der Waals surface area contributed by atoms with Crippen LogP contribution in [0.3, 0.4) is 0 Å². The van der Waals surface area contributed by atoms with Crippen LogP contribution in [0.25, 0.3) is 16.6 Å². The van der Waals surface area contributed by atoms with Gasteiger partial charge in [-0.1, -0.05) is 19.9 Å². The maximum atomic E-state index is 8.94. The summed E-state index contributed by atoms with van der Waals surface area (Å²) in [5, 5.41) is 12.4. The smallest absolute Gasteiger partial charge is 0.134 e. The molecule has 0 aliphatic carbocycles. The molecule has 2 heterocycles. The van der Waals surface area contributed by atoms with E-state index < -0.39 is 0 Å². The maximum absolute atomic E-state index is 8.94. The monoisotopic (exact) mass is 266 g/mol. The Balaban J connectivity index is 1.94. The first-order valence-corrected chi connectivity index (χ1v) is 7.00. The van der Waals surface area contributed by atoms with E-state index in [1.54, 1.807) is 0 Å². The molecule has 0 spiro atoms. The Labute approximate surface area is 118 Å². The van der Waals surface area contributed by atoms with Crippen LogP contribution in [0, 0.1) is 17.2 Å². The first-order chi connectivity index (χ1) is 9.67. The summed E-state index contributed by atoms with van der Waals surface area (Å²) in [6.07, 6.45) is 3.18. The molecule has 4 nitrogen and oxygen atoms in total. The summed E-state index contributed by atoms with van der Waals surface area (Å²) in [5.74, 6) is 1.54. The standard InChI is InChI=1S/C16H18N4/c1-10(2)14-8-12(5-6-18-14)16-19-13-4-3-11(9-17)7-15(13)20-16/h3-5,7,10,14,18H,6,8H2,1-2H3,(H,19,20). The van der Waals surface area contributed by atoms with Gasteiger partial charge in [-0.2, -0.15) is 5.26 Å². The Hall–Kier alpha value is -2.12. The summed E-state index contributed by atoms with van der Waals surface area (Å²) in [6, 6.07) is 8.22. The van der Waals surface area contributed by atoms with E-state index in [2.05, 4.69) is 41.3 Å². The number of nitrogens with one attached hydrogen (secondary N) is 2. The number of fused-ring (bicyclic) bond motifs is 1. The molecule has 1 aromatic carbocycles. The molecular formula is C16H18N4. The second-order valence-electron chi connectivity index (χ2n) is 5.62. The predicted octanol–water partition coefficient (Wildman–Crippen LogP) is 2.84. The van der Waals surface area contributed by atoms with Gasteiger partial charge in [-0.05, 0) is 36.1 Å². The number of aromatic nitrogens is 2. The number of nitrogens with zero attached hydrogens (tertiary/aromatic N) is 2. The average Bonchev–Trinajstić information content (AvgIpc) is 2.90. The second-order valence-corrected chi connectivity index (χ2v) is 5.62. The number of rotatable bonds is 2. The van der Waals surface area contributed by atoms with Gasteiger partial charge in [-0.15, -0.1) is 0 Å². The minimum atomic E-state index is 0.498. The van der Waals surface area contributed by atoms with Crippen molar-refractivity contribution in [3.63, 3.8) is 0 Å². The van der Waals surface area contributed by atoms with Gasteiger partial charge in [0, 0.05) is 12.6 Å². The molecule has 2 N–H and O–H groups in total. The molecule has 1 atom stereocenters. The fourth-order valence-electron chi connectivity index (χ4n) is 2.62. The molecule has 0 saturated carbocycles. The van der Waals surface area contributed by atoms with Crippen molar-refractivity contribution in [1.29, 1.82) is 5.26 Å². The number of H-pyrrole nitrogens is 1. The van der Waals surface area contributed by atoms with Gasteiger partial charge in [0.2, 0.25) is 0 Å². The van der Waals surface area contributed by atoms with Gasteiger partial charge >= 0.3 is 0 Å². The van der Waals surface area contributed by atoms with E-state index in [-0.39, 0.29) is 0 Å². The number of nitriles is 1. The van der Waals surface area contributed by atoms with Crippen LogP contribution >= 0.6 is 0 Å². The highest BCUT2D eigenvalue weighted by atomic mass is 15.0. The lowest BCUT2D eigenvalue weighted by Gasteiger charge is -2.26. The van der Waals surface area contributed by atoms with Crippen molar-refractivity contribution in [2.45, 2.75) is 26.3 Å².